The number of aliphatic hydroxyl groups excluding tert-OH is 1. The van der Waals surface area contributed by atoms with Crippen molar-refractivity contribution in [2.45, 2.75) is 23.2 Å². The first kappa shape index (κ1) is 17.0. The highest BCUT2D eigenvalue weighted by Crippen LogP contribution is 2.40. The number of hydrogen-bond donors (Lipinski definition) is 2. The van der Waals surface area contributed by atoms with E-state index in [1.165, 1.54) is 23.1 Å². The predicted octanol–water partition coefficient (Wildman–Crippen LogP) is 3.53. The highest BCUT2D eigenvalue weighted by atomic mass is 32.2. The topological polar surface area (TPSA) is 52.6 Å². The molecule has 1 fully saturated rings. The van der Waals surface area contributed by atoms with Crippen LogP contribution in [0.5, 0.6) is 0 Å². The van der Waals surface area contributed by atoms with Gasteiger partial charge in [0.05, 0.1) is 5.69 Å². The van der Waals surface area contributed by atoms with Crippen molar-refractivity contribution < 1.29 is 23.1 Å². The monoisotopic (exact) mass is 334 g/mol. The smallest absolute Gasteiger partial charge is 0.396 e. The van der Waals surface area contributed by atoms with E-state index in [9.17, 15) is 18.0 Å². The van der Waals surface area contributed by atoms with Gasteiger partial charge in [0.2, 0.25) is 0 Å². The molecule has 1 aromatic rings. The maximum atomic E-state index is 12.5. The molecule has 0 radical (unpaired) electrons. The second-order valence-electron chi connectivity index (χ2n) is 5.11. The van der Waals surface area contributed by atoms with Gasteiger partial charge in [0, 0.05) is 24.6 Å². The summed E-state index contributed by atoms with van der Waals surface area (Å²) in [6, 6.07) is 5.39. The highest BCUT2D eigenvalue weighted by Gasteiger charge is 2.31. The maximum Gasteiger partial charge on any atom is 0.446 e. The molecule has 1 aliphatic rings. The van der Waals surface area contributed by atoms with Gasteiger partial charge in [0.15, 0.2) is 0 Å². The summed E-state index contributed by atoms with van der Waals surface area (Å²) in [6.07, 6.45) is 1.62. The molecule has 2 N–H and O–H groups in total. The van der Waals surface area contributed by atoms with Gasteiger partial charge >= 0.3 is 11.5 Å². The molecule has 22 heavy (non-hydrogen) atoms. The van der Waals surface area contributed by atoms with E-state index in [4.69, 9.17) is 5.11 Å². The molecule has 1 aromatic carbocycles. The number of rotatable bonds is 3. The Balaban J connectivity index is 2.05. The summed E-state index contributed by atoms with van der Waals surface area (Å²) in [5.74, 6) is 0.0271. The predicted molar refractivity (Wildman–Crippen MR) is 78.8 cm³/mol. The van der Waals surface area contributed by atoms with Crippen LogP contribution in [0.1, 0.15) is 12.8 Å². The van der Waals surface area contributed by atoms with E-state index in [2.05, 4.69) is 5.32 Å². The Morgan fingerprint density at radius 1 is 1.41 bits per heavy atom. The molecule has 1 unspecified atom stereocenters. The molecule has 2 amide bonds. The lowest BCUT2D eigenvalue weighted by molar-refractivity contribution is -0.0328. The van der Waals surface area contributed by atoms with Crippen molar-refractivity contribution >= 4 is 23.5 Å². The number of aliphatic hydroxyl groups is 1. The molecule has 1 atom stereocenters. The number of urea groups is 1. The molecule has 0 bridgehead atoms. The lowest BCUT2D eigenvalue weighted by atomic mass is 9.99. The Morgan fingerprint density at radius 2 is 2.14 bits per heavy atom. The minimum absolute atomic E-state index is 0.00426. The third-order valence-electron chi connectivity index (χ3n) is 3.42. The number of benzene rings is 1. The average Bonchev–Trinajstić information content (AvgIpc) is 2.48. The first-order valence-electron chi connectivity index (χ1n) is 6.90. The van der Waals surface area contributed by atoms with Crippen molar-refractivity contribution in [3.63, 3.8) is 0 Å². The largest absolute Gasteiger partial charge is 0.446 e. The van der Waals surface area contributed by atoms with Crippen LogP contribution in [0.3, 0.4) is 0 Å². The summed E-state index contributed by atoms with van der Waals surface area (Å²) in [5.41, 5.74) is -4.27. The van der Waals surface area contributed by atoms with Crippen molar-refractivity contribution in [3.8, 4) is 0 Å². The van der Waals surface area contributed by atoms with Crippen molar-refractivity contribution in [1.82, 2.24) is 4.90 Å². The number of halogens is 3. The van der Waals surface area contributed by atoms with Gasteiger partial charge in [-0.1, -0.05) is 12.1 Å². The molecule has 122 valence electrons. The number of likely N-dealkylation sites (tertiary alicyclic amines) is 1. The SMILES string of the molecule is O=C(Nc1ccccc1SC(F)(F)F)N1CCCC(CO)C1. The Labute approximate surface area is 130 Å². The third kappa shape index (κ3) is 4.81. The molecule has 1 heterocycles. The fourth-order valence-electron chi connectivity index (χ4n) is 2.38. The lowest BCUT2D eigenvalue weighted by Gasteiger charge is -2.32. The molecule has 0 saturated carbocycles. The molecule has 2 rings (SSSR count). The minimum atomic E-state index is -4.41. The summed E-state index contributed by atoms with van der Waals surface area (Å²) >= 11 is -0.252. The van der Waals surface area contributed by atoms with Crippen LogP contribution in [-0.4, -0.2) is 41.2 Å². The van der Waals surface area contributed by atoms with E-state index in [0.29, 0.717) is 13.1 Å². The molecule has 0 spiro atoms. The van der Waals surface area contributed by atoms with Crippen LogP contribution in [0.15, 0.2) is 29.2 Å². The van der Waals surface area contributed by atoms with Crippen LogP contribution in [0.2, 0.25) is 0 Å². The van der Waals surface area contributed by atoms with E-state index >= 15 is 0 Å². The second kappa shape index (κ2) is 7.23. The van der Waals surface area contributed by atoms with E-state index in [1.807, 2.05) is 0 Å². The zero-order valence-corrected chi connectivity index (χ0v) is 12.6. The van der Waals surface area contributed by atoms with Crippen LogP contribution in [0.25, 0.3) is 0 Å². The average molecular weight is 334 g/mol. The number of para-hydroxylation sites is 1. The summed E-state index contributed by atoms with van der Waals surface area (Å²) in [6.45, 7) is 0.956. The van der Waals surface area contributed by atoms with Gasteiger partial charge in [-0.3, -0.25) is 0 Å². The Hall–Kier alpha value is -1.41. The molecule has 1 aliphatic heterocycles. The Bertz CT molecular complexity index is 525. The van der Waals surface area contributed by atoms with Crippen molar-refractivity contribution in [1.29, 1.82) is 0 Å². The summed E-state index contributed by atoms with van der Waals surface area (Å²) < 4.78 is 37.6. The zero-order chi connectivity index (χ0) is 16.2. The first-order chi connectivity index (χ1) is 10.4. The fraction of sp³-hybridized carbons (Fsp3) is 0.500. The van der Waals surface area contributed by atoms with E-state index in [-0.39, 0.29) is 34.9 Å². The normalized spacial score (nSPS) is 19.1. The summed E-state index contributed by atoms with van der Waals surface area (Å²) in [4.78, 5) is 13.7. The lowest BCUT2D eigenvalue weighted by Crippen LogP contribution is -2.43. The van der Waals surface area contributed by atoms with Crippen LogP contribution >= 0.6 is 11.8 Å². The number of hydrogen-bond acceptors (Lipinski definition) is 3. The van der Waals surface area contributed by atoms with Crippen LogP contribution in [0, 0.1) is 5.92 Å². The third-order valence-corrected chi connectivity index (χ3v) is 4.23. The quantitative estimate of drug-likeness (QED) is 0.832. The zero-order valence-electron chi connectivity index (χ0n) is 11.8. The molecule has 1 saturated heterocycles. The van der Waals surface area contributed by atoms with Crippen LogP contribution < -0.4 is 5.32 Å². The Morgan fingerprint density at radius 3 is 2.82 bits per heavy atom. The molecule has 0 aromatic heterocycles. The van der Waals surface area contributed by atoms with Gasteiger partial charge in [-0.2, -0.15) is 13.2 Å². The number of thioether (sulfide) groups is 1. The molecular weight excluding hydrogens is 317 g/mol. The standard InChI is InChI=1S/C14H17F3N2O2S/c15-14(16,17)22-12-6-2-1-5-11(12)18-13(21)19-7-3-4-10(8-19)9-20/h1-2,5-6,10,20H,3-4,7-9H2,(H,18,21). The minimum Gasteiger partial charge on any atom is -0.396 e. The highest BCUT2D eigenvalue weighted by molar-refractivity contribution is 8.00. The molecule has 4 nitrogen and oxygen atoms in total. The van der Waals surface area contributed by atoms with Gasteiger partial charge < -0.3 is 15.3 Å². The number of alkyl halides is 3. The number of nitrogens with zero attached hydrogens (tertiary/aromatic N) is 1. The van der Waals surface area contributed by atoms with Gasteiger partial charge in [-0.05, 0) is 42.7 Å². The number of anilines is 1. The number of carbonyl (C=O) groups excluding carboxylic acids is 1. The summed E-state index contributed by atoms with van der Waals surface area (Å²) in [7, 11) is 0. The van der Waals surface area contributed by atoms with Crippen molar-refractivity contribution in [2.24, 2.45) is 5.92 Å². The fourth-order valence-corrected chi connectivity index (χ4v) is 3.00. The number of carbonyl (C=O) groups is 1. The Kier molecular flexibility index (Phi) is 5.57. The number of amides is 2. The maximum absolute atomic E-state index is 12.5. The van der Waals surface area contributed by atoms with E-state index < -0.39 is 11.5 Å². The number of piperidine rings is 1. The van der Waals surface area contributed by atoms with Gasteiger partial charge in [-0.25, -0.2) is 4.79 Å². The van der Waals surface area contributed by atoms with E-state index in [1.54, 1.807) is 6.07 Å². The molecular formula is C14H17F3N2O2S. The van der Waals surface area contributed by atoms with E-state index in [0.717, 1.165) is 12.8 Å². The van der Waals surface area contributed by atoms with Gasteiger partial charge in [-0.15, -0.1) is 0 Å². The molecule has 8 heteroatoms. The van der Waals surface area contributed by atoms with Crippen LogP contribution in [0.4, 0.5) is 23.7 Å². The second-order valence-corrected chi connectivity index (χ2v) is 6.22. The van der Waals surface area contributed by atoms with Gasteiger partial charge in [0.25, 0.3) is 0 Å². The number of nitrogens with one attached hydrogen (secondary N) is 1. The first-order valence-corrected chi connectivity index (χ1v) is 7.72. The van der Waals surface area contributed by atoms with Gasteiger partial charge in [0.1, 0.15) is 0 Å². The van der Waals surface area contributed by atoms with Crippen LogP contribution in [-0.2, 0) is 0 Å². The van der Waals surface area contributed by atoms with Crippen molar-refractivity contribution in [3.05, 3.63) is 24.3 Å². The summed E-state index contributed by atoms with van der Waals surface area (Å²) in [5, 5.41) is 11.7. The van der Waals surface area contributed by atoms with Crippen molar-refractivity contribution in [2.75, 3.05) is 25.0 Å². The molecule has 0 aliphatic carbocycles.